The predicted octanol–water partition coefficient (Wildman–Crippen LogP) is 3.05. The van der Waals surface area contributed by atoms with Crippen molar-refractivity contribution in [2.45, 2.75) is 70.9 Å². The number of nitrogens with one attached hydrogen (secondary N) is 1. The predicted molar refractivity (Wildman–Crippen MR) is 70.4 cm³/mol. The van der Waals surface area contributed by atoms with Crippen molar-refractivity contribution in [3.05, 3.63) is 0 Å². The molecule has 1 N–H and O–H groups in total. The molecular formula is C14H25NO3. The maximum atomic E-state index is 11.7. The summed E-state index contributed by atoms with van der Waals surface area (Å²) in [6.45, 7) is 5.51. The normalized spacial score (nSPS) is 19.1. The van der Waals surface area contributed by atoms with E-state index in [1.54, 1.807) is 0 Å². The molecule has 0 radical (unpaired) electrons. The zero-order valence-electron chi connectivity index (χ0n) is 11.7. The van der Waals surface area contributed by atoms with Crippen molar-refractivity contribution in [1.29, 1.82) is 0 Å². The molecule has 0 aromatic rings. The molecule has 18 heavy (non-hydrogen) atoms. The first-order valence-corrected chi connectivity index (χ1v) is 6.85. The lowest BCUT2D eigenvalue weighted by Crippen LogP contribution is -2.43. The minimum atomic E-state index is -0.498. The number of carbonyl (C=O) groups is 2. The van der Waals surface area contributed by atoms with Crippen LogP contribution in [0, 0.1) is 5.92 Å². The molecule has 1 fully saturated rings. The van der Waals surface area contributed by atoms with Crippen LogP contribution in [0.15, 0.2) is 0 Å². The van der Waals surface area contributed by atoms with Crippen LogP contribution in [0.5, 0.6) is 0 Å². The van der Waals surface area contributed by atoms with Crippen LogP contribution in [-0.4, -0.2) is 24.0 Å². The molecule has 0 aromatic carbocycles. The van der Waals surface area contributed by atoms with E-state index in [4.69, 9.17) is 4.74 Å². The van der Waals surface area contributed by atoms with Crippen LogP contribution in [0.3, 0.4) is 0 Å². The topological polar surface area (TPSA) is 55.4 Å². The van der Waals surface area contributed by atoms with E-state index in [1.807, 2.05) is 20.8 Å². The molecule has 1 amide bonds. The Morgan fingerprint density at radius 1 is 1.33 bits per heavy atom. The molecule has 4 heteroatoms. The Bertz CT molecular complexity index is 277. The highest BCUT2D eigenvalue weighted by Gasteiger charge is 2.26. The molecular weight excluding hydrogens is 230 g/mol. The summed E-state index contributed by atoms with van der Waals surface area (Å²) in [6, 6.07) is -0.0716. The highest BCUT2D eigenvalue weighted by molar-refractivity contribution is 5.68. The zero-order valence-corrected chi connectivity index (χ0v) is 11.7. The monoisotopic (exact) mass is 255 g/mol. The van der Waals surface area contributed by atoms with Crippen LogP contribution in [0.1, 0.15) is 59.3 Å². The lowest BCUT2D eigenvalue weighted by atomic mass is 9.83. The molecule has 1 atom stereocenters. The summed E-state index contributed by atoms with van der Waals surface area (Å²) < 4.78 is 5.24. The maximum Gasteiger partial charge on any atom is 0.407 e. The highest BCUT2D eigenvalue weighted by Crippen LogP contribution is 2.27. The van der Waals surface area contributed by atoms with E-state index < -0.39 is 11.7 Å². The summed E-state index contributed by atoms with van der Waals surface area (Å²) in [7, 11) is 0. The second kappa shape index (κ2) is 6.76. The van der Waals surface area contributed by atoms with Crippen LogP contribution >= 0.6 is 0 Å². The van der Waals surface area contributed by atoms with E-state index >= 15 is 0 Å². The van der Waals surface area contributed by atoms with Gasteiger partial charge in [0.05, 0.1) is 0 Å². The average Bonchev–Trinajstić information content (AvgIpc) is 2.27. The largest absolute Gasteiger partial charge is 0.444 e. The maximum absolute atomic E-state index is 11.7. The van der Waals surface area contributed by atoms with Gasteiger partial charge in [-0.15, -0.1) is 0 Å². The number of amides is 1. The minimum absolute atomic E-state index is 0.0716. The van der Waals surface area contributed by atoms with Crippen LogP contribution in [0.25, 0.3) is 0 Å². The van der Waals surface area contributed by atoms with Gasteiger partial charge < -0.3 is 14.8 Å². The third kappa shape index (κ3) is 5.52. The molecule has 1 rings (SSSR count). The second-order valence-corrected chi connectivity index (χ2v) is 6.05. The van der Waals surface area contributed by atoms with Crippen molar-refractivity contribution in [1.82, 2.24) is 5.32 Å². The van der Waals surface area contributed by atoms with Crippen molar-refractivity contribution >= 4 is 12.4 Å². The van der Waals surface area contributed by atoms with Crippen LogP contribution in [-0.2, 0) is 9.53 Å². The Hall–Kier alpha value is -1.06. The fraction of sp³-hybridized carbons (Fsp3) is 0.857. The summed E-state index contributed by atoms with van der Waals surface area (Å²) in [5, 5.41) is 2.85. The van der Waals surface area contributed by atoms with Gasteiger partial charge in [-0.3, -0.25) is 0 Å². The van der Waals surface area contributed by atoms with Crippen molar-refractivity contribution in [2.24, 2.45) is 5.92 Å². The number of rotatable bonds is 4. The molecule has 0 saturated heterocycles. The van der Waals surface area contributed by atoms with Gasteiger partial charge in [-0.05, 0) is 39.5 Å². The van der Waals surface area contributed by atoms with Gasteiger partial charge in [-0.1, -0.05) is 19.3 Å². The van der Waals surface area contributed by atoms with Gasteiger partial charge in [0.15, 0.2) is 0 Å². The van der Waals surface area contributed by atoms with Crippen molar-refractivity contribution in [3.8, 4) is 0 Å². The Labute approximate surface area is 109 Å². The van der Waals surface area contributed by atoms with Crippen LogP contribution in [0.4, 0.5) is 4.79 Å². The smallest absolute Gasteiger partial charge is 0.407 e. The van der Waals surface area contributed by atoms with Gasteiger partial charge in [-0.2, -0.15) is 0 Å². The van der Waals surface area contributed by atoms with Crippen molar-refractivity contribution < 1.29 is 14.3 Å². The van der Waals surface area contributed by atoms with Crippen LogP contribution < -0.4 is 5.32 Å². The van der Waals surface area contributed by atoms with E-state index in [9.17, 15) is 9.59 Å². The number of hydrogen-bond acceptors (Lipinski definition) is 3. The molecule has 1 aliphatic carbocycles. The molecule has 0 spiro atoms. The molecule has 0 aromatic heterocycles. The van der Waals surface area contributed by atoms with Gasteiger partial charge >= 0.3 is 6.09 Å². The Morgan fingerprint density at radius 3 is 2.44 bits per heavy atom. The molecule has 1 saturated carbocycles. The summed E-state index contributed by atoms with van der Waals surface area (Å²) >= 11 is 0. The van der Waals surface area contributed by atoms with Crippen LogP contribution in [0.2, 0.25) is 0 Å². The minimum Gasteiger partial charge on any atom is -0.444 e. The van der Waals surface area contributed by atoms with E-state index in [1.165, 1.54) is 19.3 Å². The number of carbonyl (C=O) groups excluding carboxylic acids is 2. The third-order valence-electron chi connectivity index (χ3n) is 3.27. The fourth-order valence-corrected chi connectivity index (χ4v) is 2.47. The molecule has 0 bridgehead atoms. The quantitative estimate of drug-likeness (QED) is 0.785. The molecule has 4 nitrogen and oxygen atoms in total. The first-order chi connectivity index (χ1) is 8.42. The number of ether oxygens (including phenoxy) is 1. The van der Waals surface area contributed by atoms with Gasteiger partial charge in [0, 0.05) is 12.5 Å². The van der Waals surface area contributed by atoms with Gasteiger partial charge in [0.2, 0.25) is 0 Å². The van der Waals surface area contributed by atoms with Crippen molar-refractivity contribution in [2.75, 3.05) is 0 Å². The second-order valence-electron chi connectivity index (χ2n) is 6.05. The third-order valence-corrected chi connectivity index (χ3v) is 3.27. The Kier molecular flexibility index (Phi) is 5.63. The zero-order chi connectivity index (χ0) is 13.6. The first-order valence-electron chi connectivity index (χ1n) is 6.85. The SMILES string of the molecule is CC(C)(C)OC(=O)N[C@@H](CC=O)C1CCCCC1. The number of aldehydes is 1. The van der Waals surface area contributed by atoms with Gasteiger partial charge in [0.25, 0.3) is 0 Å². The highest BCUT2D eigenvalue weighted by atomic mass is 16.6. The summed E-state index contributed by atoms with van der Waals surface area (Å²) in [4.78, 5) is 22.5. The molecule has 0 heterocycles. The summed E-state index contributed by atoms with van der Waals surface area (Å²) in [6.07, 6.45) is 6.67. The van der Waals surface area contributed by atoms with E-state index in [2.05, 4.69) is 5.32 Å². The molecule has 0 unspecified atom stereocenters. The fourth-order valence-electron chi connectivity index (χ4n) is 2.47. The van der Waals surface area contributed by atoms with Gasteiger partial charge in [-0.25, -0.2) is 4.79 Å². The van der Waals surface area contributed by atoms with E-state index in [0.29, 0.717) is 12.3 Å². The lowest BCUT2D eigenvalue weighted by molar-refractivity contribution is -0.108. The Balaban J connectivity index is 2.50. The number of hydrogen-bond donors (Lipinski definition) is 1. The standard InChI is InChI=1S/C14H25NO3/c1-14(2,3)18-13(17)15-12(9-10-16)11-7-5-4-6-8-11/h10-12H,4-9H2,1-3H3,(H,15,17)/t12-/m0/s1. The Morgan fingerprint density at radius 2 is 1.94 bits per heavy atom. The van der Waals surface area contributed by atoms with E-state index in [-0.39, 0.29) is 6.04 Å². The molecule has 104 valence electrons. The average molecular weight is 255 g/mol. The molecule has 1 aliphatic rings. The summed E-state index contributed by atoms with van der Waals surface area (Å²) in [5.74, 6) is 0.413. The van der Waals surface area contributed by atoms with Crippen molar-refractivity contribution in [3.63, 3.8) is 0 Å². The lowest BCUT2D eigenvalue weighted by Gasteiger charge is -2.30. The summed E-state index contributed by atoms with van der Waals surface area (Å²) in [5.41, 5.74) is -0.498. The van der Waals surface area contributed by atoms with Gasteiger partial charge in [0.1, 0.15) is 11.9 Å². The van der Waals surface area contributed by atoms with E-state index in [0.717, 1.165) is 19.1 Å². The molecule has 0 aliphatic heterocycles. The first kappa shape index (κ1) is 15.0. The number of alkyl carbamates (subject to hydrolysis) is 1.